The van der Waals surface area contributed by atoms with E-state index in [2.05, 4.69) is 31.0 Å². The summed E-state index contributed by atoms with van der Waals surface area (Å²) in [4.78, 5) is 2.59. The quantitative estimate of drug-likeness (QED) is 0.750. The first-order valence-corrected chi connectivity index (χ1v) is 6.20. The molecule has 1 N–H and O–H groups in total. The van der Waals surface area contributed by atoms with Crippen molar-refractivity contribution in [2.24, 2.45) is 0 Å². The maximum absolute atomic E-state index is 5.69. The molecule has 0 saturated carbocycles. The fourth-order valence-electron chi connectivity index (χ4n) is 2.07. The van der Waals surface area contributed by atoms with Gasteiger partial charge in [0.2, 0.25) is 0 Å². The predicted molar refractivity (Wildman–Crippen MR) is 64.2 cm³/mol. The van der Waals surface area contributed by atoms with E-state index in [0.717, 1.165) is 13.2 Å². The molecule has 0 amide bonds. The minimum absolute atomic E-state index is 0.401. The number of nitrogens with zero attached hydrogens (tertiary/aromatic N) is 1. The molecule has 0 aromatic carbocycles. The van der Waals surface area contributed by atoms with Crippen molar-refractivity contribution in [2.75, 3.05) is 26.7 Å². The molecule has 1 saturated heterocycles. The largest absolute Gasteiger partial charge is 0.376 e. The molecule has 1 rings (SSSR count). The Morgan fingerprint density at radius 2 is 2.27 bits per heavy atom. The van der Waals surface area contributed by atoms with Crippen LogP contribution in [0, 0.1) is 0 Å². The molecule has 0 spiro atoms. The van der Waals surface area contributed by atoms with E-state index in [4.69, 9.17) is 4.74 Å². The summed E-state index contributed by atoms with van der Waals surface area (Å²) >= 11 is 0. The maximum atomic E-state index is 5.69. The van der Waals surface area contributed by atoms with Crippen molar-refractivity contribution in [2.45, 2.75) is 51.8 Å². The molecule has 1 fully saturated rings. The van der Waals surface area contributed by atoms with Crippen LogP contribution in [-0.4, -0.2) is 49.8 Å². The van der Waals surface area contributed by atoms with Gasteiger partial charge >= 0.3 is 0 Å². The molecule has 0 aromatic heterocycles. The van der Waals surface area contributed by atoms with Crippen LogP contribution in [-0.2, 0) is 4.74 Å². The lowest BCUT2D eigenvalue weighted by atomic mass is 10.1. The molecule has 3 unspecified atom stereocenters. The highest BCUT2D eigenvalue weighted by Crippen LogP contribution is 2.14. The van der Waals surface area contributed by atoms with Gasteiger partial charge in [0.15, 0.2) is 0 Å². The Morgan fingerprint density at radius 1 is 1.53 bits per heavy atom. The molecule has 0 aliphatic carbocycles. The third-order valence-electron chi connectivity index (χ3n) is 3.39. The Morgan fingerprint density at radius 3 is 2.87 bits per heavy atom. The van der Waals surface area contributed by atoms with Gasteiger partial charge in [-0.05, 0) is 33.7 Å². The van der Waals surface area contributed by atoms with Gasteiger partial charge in [0, 0.05) is 25.2 Å². The SMILES string of the molecule is CCC1COC(C)CN1CCC(C)NC. The molecule has 3 heteroatoms. The average molecular weight is 214 g/mol. The third kappa shape index (κ3) is 4.09. The van der Waals surface area contributed by atoms with Gasteiger partial charge in [0.05, 0.1) is 12.7 Å². The summed E-state index contributed by atoms with van der Waals surface area (Å²) in [7, 11) is 2.03. The third-order valence-corrected chi connectivity index (χ3v) is 3.39. The normalized spacial score (nSPS) is 30.4. The van der Waals surface area contributed by atoms with Crippen LogP contribution in [0.4, 0.5) is 0 Å². The second-order valence-electron chi connectivity index (χ2n) is 4.68. The Labute approximate surface area is 94.2 Å². The van der Waals surface area contributed by atoms with Gasteiger partial charge in [-0.3, -0.25) is 4.90 Å². The van der Waals surface area contributed by atoms with E-state index < -0.39 is 0 Å². The molecule has 0 bridgehead atoms. The highest BCUT2D eigenvalue weighted by molar-refractivity contribution is 4.78. The lowest BCUT2D eigenvalue weighted by Crippen LogP contribution is -2.49. The zero-order valence-corrected chi connectivity index (χ0v) is 10.6. The zero-order chi connectivity index (χ0) is 11.3. The van der Waals surface area contributed by atoms with Gasteiger partial charge in [-0.2, -0.15) is 0 Å². The summed E-state index contributed by atoms with van der Waals surface area (Å²) in [6.45, 7) is 9.85. The van der Waals surface area contributed by atoms with E-state index in [0.29, 0.717) is 18.2 Å². The number of hydrogen-bond donors (Lipinski definition) is 1. The van der Waals surface area contributed by atoms with Crippen molar-refractivity contribution in [3.63, 3.8) is 0 Å². The van der Waals surface area contributed by atoms with Gasteiger partial charge in [-0.15, -0.1) is 0 Å². The first-order valence-electron chi connectivity index (χ1n) is 6.20. The summed E-state index contributed by atoms with van der Waals surface area (Å²) in [5.41, 5.74) is 0. The Bertz CT molecular complexity index is 175. The second kappa shape index (κ2) is 6.46. The molecule has 0 aromatic rings. The minimum atomic E-state index is 0.401. The number of nitrogens with one attached hydrogen (secondary N) is 1. The predicted octanol–water partition coefficient (Wildman–Crippen LogP) is 1.48. The van der Waals surface area contributed by atoms with E-state index in [1.165, 1.54) is 19.4 Å². The van der Waals surface area contributed by atoms with Crippen LogP contribution in [0.5, 0.6) is 0 Å². The van der Waals surface area contributed by atoms with Gasteiger partial charge in [0.1, 0.15) is 0 Å². The second-order valence-corrected chi connectivity index (χ2v) is 4.68. The molecule has 15 heavy (non-hydrogen) atoms. The lowest BCUT2D eigenvalue weighted by molar-refractivity contribution is -0.0565. The fourth-order valence-corrected chi connectivity index (χ4v) is 2.07. The monoisotopic (exact) mass is 214 g/mol. The summed E-state index contributed by atoms with van der Waals surface area (Å²) in [6.07, 6.45) is 2.82. The van der Waals surface area contributed by atoms with E-state index >= 15 is 0 Å². The summed E-state index contributed by atoms with van der Waals surface area (Å²) in [5, 5.41) is 3.29. The van der Waals surface area contributed by atoms with E-state index in [9.17, 15) is 0 Å². The molecule has 90 valence electrons. The van der Waals surface area contributed by atoms with Gasteiger partial charge in [-0.25, -0.2) is 0 Å². The van der Waals surface area contributed by atoms with Crippen LogP contribution in [0.25, 0.3) is 0 Å². The summed E-state index contributed by atoms with van der Waals surface area (Å²) in [6, 6.07) is 1.24. The maximum Gasteiger partial charge on any atom is 0.0674 e. The Hall–Kier alpha value is -0.120. The van der Waals surface area contributed by atoms with Crippen molar-refractivity contribution in [1.82, 2.24) is 10.2 Å². The molecule has 3 atom stereocenters. The molecule has 1 heterocycles. The van der Waals surface area contributed by atoms with Gasteiger partial charge in [-0.1, -0.05) is 6.92 Å². The topological polar surface area (TPSA) is 24.5 Å². The van der Waals surface area contributed by atoms with E-state index in [-0.39, 0.29) is 0 Å². The average Bonchev–Trinajstić information content (AvgIpc) is 2.26. The van der Waals surface area contributed by atoms with Crippen molar-refractivity contribution in [1.29, 1.82) is 0 Å². The van der Waals surface area contributed by atoms with Crippen LogP contribution < -0.4 is 5.32 Å². The smallest absolute Gasteiger partial charge is 0.0674 e. The van der Waals surface area contributed by atoms with Crippen LogP contribution >= 0.6 is 0 Å². The first-order chi connectivity index (χ1) is 7.17. The summed E-state index contributed by atoms with van der Waals surface area (Å²) in [5.74, 6) is 0. The fraction of sp³-hybridized carbons (Fsp3) is 1.00. The molecule has 3 nitrogen and oxygen atoms in total. The van der Waals surface area contributed by atoms with Crippen molar-refractivity contribution >= 4 is 0 Å². The van der Waals surface area contributed by atoms with Crippen molar-refractivity contribution in [3.8, 4) is 0 Å². The number of ether oxygens (including phenoxy) is 1. The molecule has 1 aliphatic rings. The van der Waals surface area contributed by atoms with Crippen molar-refractivity contribution in [3.05, 3.63) is 0 Å². The number of morpholine rings is 1. The van der Waals surface area contributed by atoms with Gasteiger partial charge in [0.25, 0.3) is 0 Å². The zero-order valence-electron chi connectivity index (χ0n) is 10.6. The molecular weight excluding hydrogens is 188 g/mol. The highest BCUT2D eigenvalue weighted by atomic mass is 16.5. The van der Waals surface area contributed by atoms with E-state index in [1.807, 2.05) is 7.05 Å². The molecule has 0 radical (unpaired) electrons. The Kier molecular flexibility index (Phi) is 5.58. The van der Waals surface area contributed by atoms with Crippen LogP contribution in [0.2, 0.25) is 0 Å². The summed E-state index contributed by atoms with van der Waals surface area (Å²) < 4.78 is 5.69. The number of rotatable bonds is 5. The highest BCUT2D eigenvalue weighted by Gasteiger charge is 2.25. The first kappa shape index (κ1) is 12.9. The minimum Gasteiger partial charge on any atom is -0.376 e. The van der Waals surface area contributed by atoms with E-state index in [1.54, 1.807) is 0 Å². The van der Waals surface area contributed by atoms with Crippen LogP contribution in [0.1, 0.15) is 33.6 Å². The Balaban J connectivity index is 2.34. The standard InChI is InChI=1S/C12H26N2O/c1-5-12-9-15-11(3)8-14(12)7-6-10(2)13-4/h10-13H,5-9H2,1-4H3. The molecular formula is C12H26N2O. The molecule has 1 aliphatic heterocycles. The van der Waals surface area contributed by atoms with Crippen LogP contribution in [0.3, 0.4) is 0 Å². The van der Waals surface area contributed by atoms with Crippen LogP contribution in [0.15, 0.2) is 0 Å². The van der Waals surface area contributed by atoms with Crippen molar-refractivity contribution < 1.29 is 4.74 Å². The van der Waals surface area contributed by atoms with Gasteiger partial charge < -0.3 is 10.1 Å². The lowest BCUT2D eigenvalue weighted by Gasteiger charge is -2.38. The number of hydrogen-bond acceptors (Lipinski definition) is 3.